The van der Waals surface area contributed by atoms with Gasteiger partial charge in [0.25, 0.3) is 5.91 Å². The number of benzene rings is 2. The Balaban J connectivity index is 2.05. The Kier molecular flexibility index (Phi) is 6.18. The third kappa shape index (κ3) is 5.07. The van der Waals surface area contributed by atoms with Crippen LogP contribution in [0.4, 0.5) is 5.69 Å². The normalized spacial score (nSPS) is 10.7. The predicted octanol–water partition coefficient (Wildman–Crippen LogP) is 4.35. The summed E-state index contributed by atoms with van der Waals surface area (Å²) in [6, 6.07) is 11.0. The number of nitrogens with one attached hydrogen (secondary N) is 1. The van der Waals surface area contributed by atoms with Crippen molar-refractivity contribution < 1.29 is 14.7 Å². The minimum absolute atomic E-state index is 0.166. The Bertz CT molecular complexity index is 731. The molecule has 5 nitrogen and oxygen atoms in total. The number of oxime groups is 1. The van der Waals surface area contributed by atoms with Crippen LogP contribution in [-0.2, 0) is 4.79 Å². The summed E-state index contributed by atoms with van der Waals surface area (Å²) in [5.41, 5.74) is 2.36. The molecular weight excluding hydrogens is 428 g/mol. The van der Waals surface area contributed by atoms with Gasteiger partial charge >= 0.3 is 0 Å². The van der Waals surface area contributed by atoms with Crippen molar-refractivity contribution in [1.82, 2.24) is 0 Å². The molecule has 0 aliphatic rings. The zero-order valence-corrected chi connectivity index (χ0v) is 15.4. The number of nitrogens with zero attached hydrogens (tertiary/aromatic N) is 1. The quantitative estimate of drug-likeness (QED) is 0.411. The summed E-state index contributed by atoms with van der Waals surface area (Å²) in [6.07, 6.45) is 1.24. The highest BCUT2D eigenvalue weighted by molar-refractivity contribution is 9.11. The summed E-state index contributed by atoms with van der Waals surface area (Å²) in [4.78, 5) is 12.0. The number of hydrogen-bond donors (Lipinski definition) is 2. The van der Waals surface area contributed by atoms with Gasteiger partial charge in [0.1, 0.15) is 5.75 Å². The molecular formula is C16H14Br2N2O3. The third-order valence-corrected chi connectivity index (χ3v) is 3.96. The number of rotatable bonds is 5. The van der Waals surface area contributed by atoms with Crippen molar-refractivity contribution in [2.45, 2.75) is 6.92 Å². The number of carbonyl (C=O) groups excluding carboxylic acids is 1. The molecule has 0 spiro atoms. The minimum atomic E-state index is -0.282. The average Bonchev–Trinajstić information content (AvgIpc) is 2.49. The van der Waals surface area contributed by atoms with Crippen molar-refractivity contribution in [3.05, 3.63) is 56.5 Å². The maximum atomic E-state index is 12.0. The molecule has 2 aromatic carbocycles. The van der Waals surface area contributed by atoms with Crippen molar-refractivity contribution in [1.29, 1.82) is 0 Å². The van der Waals surface area contributed by atoms with Crippen molar-refractivity contribution in [2.24, 2.45) is 5.16 Å². The van der Waals surface area contributed by atoms with E-state index in [9.17, 15) is 4.79 Å². The topological polar surface area (TPSA) is 70.9 Å². The molecule has 0 fully saturated rings. The molecule has 0 unspecified atom stereocenters. The Hall–Kier alpha value is -1.86. The van der Waals surface area contributed by atoms with Gasteiger partial charge < -0.3 is 15.3 Å². The van der Waals surface area contributed by atoms with Crippen LogP contribution < -0.4 is 10.1 Å². The van der Waals surface area contributed by atoms with Crippen LogP contribution in [0.15, 0.2) is 50.5 Å². The highest BCUT2D eigenvalue weighted by Gasteiger charge is 2.11. The molecule has 2 N–H and O–H groups in total. The number of aryl methyl sites for hydroxylation is 1. The lowest BCUT2D eigenvalue weighted by atomic mass is 10.2. The van der Waals surface area contributed by atoms with Crippen LogP contribution >= 0.6 is 31.9 Å². The Morgan fingerprint density at radius 2 is 2.00 bits per heavy atom. The molecule has 23 heavy (non-hydrogen) atoms. The van der Waals surface area contributed by atoms with Crippen LogP contribution in [0.3, 0.4) is 0 Å². The molecule has 7 heteroatoms. The Labute approximate surface area is 150 Å². The van der Waals surface area contributed by atoms with Gasteiger partial charge in [-0.1, -0.05) is 38.8 Å². The SMILES string of the molecule is Cc1ccc(NC(=O)COc2c(Br)cc(Br)cc2/C=N/O)cc1. The average molecular weight is 442 g/mol. The molecule has 120 valence electrons. The molecule has 0 atom stereocenters. The molecule has 1 amide bonds. The first kappa shape index (κ1) is 17.5. The van der Waals surface area contributed by atoms with Gasteiger partial charge in [-0.2, -0.15) is 0 Å². The predicted molar refractivity (Wildman–Crippen MR) is 96.5 cm³/mol. The van der Waals surface area contributed by atoms with Crippen molar-refractivity contribution in [3.8, 4) is 5.75 Å². The third-order valence-electron chi connectivity index (χ3n) is 2.92. The largest absolute Gasteiger partial charge is 0.482 e. The van der Waals surface area contributed by atoms with Gasteiger partial charge in [-0.15, -0.1) is 0 Å². The lowest BCUT2D eigenvalue weighted by Crippen LogP contribution is -2.20. The van der Waals surface area contributed by atoms with E-state index >= 15 is 0 Å². The first-order valence-electron chi connectivity index (χ1n) is 6.65. The van der Waals surface area contributed by atoms with E-state index in [1.165, 1.54) is 6.21 Å². The van der Waals surface area contributed by atoms with Gasteiger partial charge in [0, 0.05) is 15.7 Å². The van der Waals surface area contributed by atoms with Crippen molar-refractivity contribution in [2.75, 3.05) is 11.9 Å². The maximum absolute atomic E-state index is 12.0. The zero-order chi connectivity index (χ0) is 16.8. The fourth-order valence-electron chi connectivity index (χ4n) is 1.86. The van der Waals surface area contributed by atoms with Gasteiger partial charge in [0.2, 0.25) is 0 Å². The lowest BCUT2D eigenvalue weighted by Gasteiger charge is -2.12. The van der Waals surface area contributed by atoms with Crippen LogP contribution in [-0.4, -0.2) is 23.9 Å². The first-order chi connectivity index (χ1) is 11.0. The molecule has 0 saturated heterocycles. The van der Waals surface area contributed by atoms with Crippen LogP contribution in [0, 0.1) is 6.92 Å². The van der Waals surface area contributed by atoms with Crippen LogP contribution in [0.2, 0.25) is 0 Å². The van der Waals surface area contributed by atoms with Crippen molar-refractivity contribution in [3.63, 3.8) is 0 Å². The lowest BCUT2D eigenvalue weighted by molar-refractivity contribution is -0.118. The van der Waals surface area contributed by atoms with Crippen LogP contribution in [0.5, 0.6) is 5.75 Å². The molecule has 0 bridgehead atoms. The second-order valence-corrected chi connectivity index (χ2v) is 6.52. The number of halogens is 2. The maximum Gasteiger partial charge on any atom is 0.262 e. The van der Waals surface area contributed by atoms with Gasteiger partial charge in [-0.05, 0) is 47.1 Å². The summed E-state index contributed by atoms with van der Waals surface area (Å²) in [5, 5.41) is 14.5. The summed E-state index contributed by atoms with van der Waals surface area (Å²) in [7, 11) is 0. The standard InChI is InChI=1S/C16H14Br2N2O3/c1-10-2-4-13(5-3-10)20-15(21)9-23-16-11(8-19-22)6-12(17)7-14(16)18/h2-8,22H,9H2,1H3,(H,20,21)/b19-8+. The summed E-state index contributed by atoms with van der Waals surface area (Å²) in [6.45, 7) is 1.81. The number of carbonyl (C=O) groups is 1. The molecule has 2 rings (SSSR count). The number of anilines is 1. The van der Waals surface area contributed by atoms with Crippen molar-refractivity contribution >= 4 is 49.7 Å². The molecule has 0 aliphatic carbocycles. The first-order valence-corrected chi connectivity index (χ1v) is 8.24. The van der Waals surface area contributed by atoms with Gasteiger partial charge in [-0.25, -0.2) is 0 Å². The molecule has 0 radical (unpaired) electrons. The fraction of sp³-hybridized carbons (Fsp3) is 0.125. The second kappa shape index (κ2) is 8.12. The monoisotopic (exact) mass is 440 g/mol. The molecule has 0 heterocycles. The van der Waals surface area contributed by atoms with E-state index in [-0.39, 0.29) is 12.5 Å². The molecule has 0 aromatic heterocycles. The van der Waals surface area contributed by atoms with E-state index in [1.807, 2.05) is 31.2 Å². The second-order valence-electron chi connectivity index (χ2n) is 4.75. The van der Waals surface area contributed by atoms with E-state index in [0.29, 0.717) is 21.5 Å². The minimum Gasteiger partial charge on any atom is -0.482 e. The number of hydrogen-bond acceptors (Lipinski definition) is 4. The number of ether oxygens (including phenoxy) is 1. The van der Waals surface area contributed by atoms with E-state index in [4.69, 9.17) is 9.94 Å². The number of amides is 1. The highest BCUT2D eigenvalue weighted by Crippen LogP contribution is 2.32. The van der Waals surface area contributed by atoms with E-state index in [2.05, 4.69) is 42.3 Å². The molecule has 0 saturated carbocycles. The van der Waals surface area contributed by atoms with E-state index < -0.39 is 0 Å². The highest BCUT2D eigenvalue weighted by atomic mass is 79.9. The summed E-state index contributed by atoms with van der Waals surface area (Å²) in [5.74, 6) is 0.139. The van der Waals surface area contributed by atoms with Crippen LogP contribution in [0.1, 0.15) is 11.1 Å². The molecule has 2 aromatic rings. The van der Waals surface area contributed by atoms with Gasteiger partial charge in [0.15, 0.2) is 6.61 Å². The smallest absolute Gasteiger partial charge is 0.262 e. The van der Waals surface area contributed by atoms with Gasteiger partial charge in [0.05, 0.1) is 10.7 Å². The van der Waals surface area contributed by atoms with E-state index in [0.717, 1.165) is 10.0 Å². The molecule has 0 aliphatic heterocycles. The fourth-order valence-corrected chi connectivity index (χ4v) is 3.24. The summed E-state index contributed by atoms with van der Waals surface area (Å²) < 4.78 is 6.98. The van der Waals surface area contributed by atoms with E-state index in [1.54, 1.807) is 12.1 Å². The zero-order valence-electron chi connectivity index (χ0n) is 12.2. The Morgan fingerprint density at radius 3 is 2.65 bits per heavy atom. The summed E-state index contributed by atoms with van der Waals surface area (Å²) >= 11 is 6.70. The van der Waals surface area contributed by atoms with Crippen LogP contribution in [0.25, 0.3) is 0 Å². The van der Waals surface area contributed by atoms with Gasteiger partial charge in [-0.3, -0.25) is 4.79 Å². The Morgan fingerprint density at radius 1 is 1.30 bits per heavy atom.